The van der Waals surface area contributed by atoms with Gasteiger partial charge in [0.15, 0.2) is 0 Å². The van der Waals surface area contributed by atoms with Crippen LogP contribution >= 0.6 is 0 Å². The fraction of sp³-hybridized carbons (Fsp3) is 0.538. The van der Waals surface area contributed by atoms with Crippen molar-refractivity contribution in [3.8, 4) is 0 Å². The van der Waals surface area contributed by atoms with Crippen LogP contribution in [0.1, 0.15) is 32.3 Å². The summed E-state index contributed by atoms with van der Waals surface area (Å²) in [5.41, 5.74) is 4.74. The number of nitrogens with two attached hydrogens (primary N) is 1. The molecule has 0 amide bonds. The number of hydrogen-bond acceptors (Lipinski definition) is 4. The highest BCUT2D eigenvalue weighted by molar-refractivity contribution is 7.89. The largest absolute Gasteiger partial charge is 0.399 e. The monoisotopic (exact) mass is 304 g/mol. The van der Waals surface area contributed by atoms with E-state index in [9.17, 15) is 17.9 Å². The number of benzene rings is 1. The Morgan fingerprint density at radius 1 is 1.35 bits per heavy atom. The SMILES string of the molecule is CCC(O)(CC)CNS(=O)(=O)c1cc(N)cc(C)c1F. The molecule has 0 fully saturated rings. The molecule has 0 aliphatic rings. The predicted octanol–water partition coefficient (Wildman–Crippen LogP) is 1.55. The predicted molar refractivity (Wildman–Crippen MR) is 76.3 cm³/mol. The second-order valence-corrected chi connectivity index (χ2v) is 6.64. The molecule has 4 N–H and O–H groups in total. The van der Waals surface area contributed by atoms with E-state index in [1.807, 2.05) is 0 Å². The van der Waals surface area contributed by atoms with Gasteiger partial charge in [-0.25, -0.2) is 17.5 Å². The van der Waals surface area contributed by atoms with Crippen LogP contribution in [0.15, 0.2) is 17.0 Å². The maximum atomic E-state index is 13.9. The zero-order valence-corrected chi connectivity index (χ0v) is 12.7. The second kappa shape index (κ2) is 6.07. The first kappa shape index (κ1) is 16.9. The molecule has 5 nitrogen and oxygen atoms in total. The average molecular weight is 304 g/mol. The molecule has 0 heterocycles. The van der Waals surface area contributed by atoms with Crippen molar-refractivity contribution >= 4 is 15.7 Å². The zero-order chi connectivity index (χ0) is 15.6. The minimum atomic E-state index is -4.05. The Hall–Kier alpha value is -1.18. The Bertz CT molecular complexity index is 584. The lowest BCUT2D eigenvalue weighted by atomic mass is 9.98. The van der Waals surface area contributed by atoms with Gasteiger partial charge in [0.25, 0.3) is 0 Å². The number of hydrogen-bond donors (Lipinski definition) is 3. The molecule has 1 aromatic carbocycles. The quantitative estimate of drug-likeness (QED) is 0.695. The van der Waals surface area contributed by atoms with Crippen molar-refractivity contribution < 1.29 is 17.9 Å². The number of halogens is 1. The van der Waals surface area contributed by atoms with Crippen molar-refractivity contribution in [1.29, 1.82) is 0 Å². The summed E-state index contributed by atoms with van der Waals surface area (Å²) in [6.07, 6.45) is 0.787. The van der Waals surface area contributed by atoms with Gasteiger partial charge in [0.2, 0.25) is 10.0 Å². The van der Waals surface area contributed by atoms with Crippen molar-refractivity contribution in [2.45, 2.75) is 44.1 Å². The number of nitrogens with one attached hydrogen (secondary N) is 1. The van der Waals surface area contributed by atoms with Gasteiger partial charge in [-0.2, -0.15) is 0 Å². The Balaban J connectivity index is 3.07. The van der Waals surface area contributed by atoms with Gasteiger partial charge in [0, 0.05) is 12.2 Å². The van der Waals surface area contributed by atoms with E-state index in [0.29, 0.717) is 12.8 Å². The van der Waals surface area contributed by atoms with Crippen molar-refractivity contribution in [3.05, 3.63) is 23.5 Å². The molecule has 7 heteroatoms. The summed E-state index contributed by atoms with van der Waals surface area (Å²) < 4.78 is 40.4. The van der Waals surface area contributed by atoms with Crippen LogP contribution in [0, 0.1) is 12.7 Å². The third-order valence-electron chi connectivity index (χ3n) is 3.44. The molecule has 1 rings (SSSR count). The molecule has 0 unspecified atom stereocenters. The van der Waals surface area contributed by atoms with E-state index < -0.39 is 26.3 Å². The molecule has 0 aliphatic carbocycles. The van der Waals surface area contributed by atoms with Gasteiger partial charge in [0.05, 0.1) is 5.60 Å². The third kappa shape index (κ3) is 3.68. The molecule has 20 heavy (non-hydrogen) atoms. The summed E-state index contributed by atoms with van der Waals surface area (Å²) in [7, 11) is -4.05. The number of sulfonamides is 1. The van der Waals surface area contributed by atoms with Crippen molar-refractivity contribution in [1.82, 2.24) is 4.72 Å². The summed E-state index contributed by atoms with van der Waals surface area (Å²) in [5, 5.41) is 10.1. The fourth-order valence-electron chi connectivity index (χ4n) is 1.77. The third-order valence-corrected chi connectivity index (χ3v) is 4.84. The average Bonchev–Trinajstić information content (AvgIpc) is 2.40. The van der Waals surface area contributed by atoms with Gasteiger partial charge < -0.3 is 10.8 Å². The molecule has 0 saturated carbocycles. The minimum absolute atomic E-state index is 0.159. The van der Waals surface area contributed by atoms with Crippen LogP contribution in [0.3, 0.4) is 0 Å². The lowest BCUT2D eigenvalue weighted by molar-refractivity contribution is 0.0377. The molecule has 114 valence electrons. The van der Waals surface area contributed by atoms with Gasteiger partial charge in [0.1, 0.15) is 10.7 Å². The van der Waals surface area contributed by atoms with E-state index >= 15 is 0 Å². The molecule has 0 radical (unpaired) electrons. The summed E-state index contributed by atoms with van der Waals surface area (Å²) in [4.78, 5) is -0.496. The van der Waals surface area contributed by atoms with Crippen LogP contribution in [0.5, 0.6) is 0 Å². The smallest absolute Gasteiger partial charge is 0.243 e. The molecule has 0 saturated heterocycles. The van der Waals surface area contributed by atoms with Crippen LogP contribution in [-0.4, -0.2) is 25.7 Å². The van der Waals surface area contributed by atoms with Gasteiger partial charge in [-0.05, 0) is 37.5 Å². The zero-order valence-electron chi connectivity index (χ0n) is 11.9. The van der Waals surface area contributed by atoms with E-state index in [0.717, 1.165) is 6.07 Å². The van der Waals surface area contributed by atoms with Crippen LogP contribution in [-0.2, 0) is 10.0 Å². The van der Waals surface area contributed by atoms with Gasteiger partial charge in [-0.15, -0.1) is 0 Å². The van der Waals surface area contributed by atoms with Gasteiger partial charge in [-0.1, -0.05) is 13.8 Å². The maximum absolute atomic E-state index is 13.9. The Kier molecular flexibility index (Phi) is 5.12. The first-order valence-electron chi connectivity index (χ1n) is 6.43. The highest BCUT2D eigenvalue weighted by Gasteiger charge is 2.27. The highest BCUT2D eigenvalue weighted by Crippen LogP contribution is 2.22. The van der Waals surface area contributed by atoms with Crippen LogP contribution in [0.2, 0.25) is 0 Å². The van der Waals surface area contributed by atoms with E-state index in [2.05, 4.69) is 4.72 Å². The van der Waals surface area contributed by atoms with Gasteiger partial charge >= 0.3 is 0 Å². The summed E-state index contributed by atoms with van der Waals surface area (Å²) in [6.45, 7) is 4.78. The highest BCUT2D eigenvalue weighted by atomic mass is 32.2. The van der Waals surface area contributed by atoms with Crippen molar-refractivity contribution in [2.24, 2.45) is 0 Å². The summed E-state index contributed by atoms with van der Waals surface area (Å²) >= 11 is 0. The number of rotatable bonds is 6. The Morgan fingerprint density at radius 2 is 1.90 bits per heavy atom. The molecule has 0 aliphatic heterocycles. The fourth-order valence-corrected chi connectivity index (χ4v) is 3.07. The molecule has 0 spiro atoms. The number of anilines is 1. The standard InChI is InChI=1S/C13H21FN2O3S/c1-4-13(17,5-2)8-16-20(18,19)11-7-10(15)6-9(3)12(11)14/h6-7,16-17H,4-5,8,15H2,1-3H3. The van der Waals surface area contributed by atoms with E-state index in [1.54, 1.807) is 13.8 Å². The first-order valence-corrected chi connectivity index (χ1v) is 7.91. The number of aryl methyl sites for hydroxylation is 1. The lowest BCUT2D eigenvalue weighted by Crippen LogP contribution is -2.42. The van der Waals surface area contributed by atoms with Crippen LogP contribution in [0.4, 0.5) is 10.1 Å². The Morgan fingerprint density at radius 3 is 2.40 bits per heavy atom. The molecular formula is C13H21FN2O3S. The molecule has 0 aromatic heterocycles. The van der Waals surface area contributed by atoms with E-state index in [1.165, 1.54) is 13.0 Å². The minimum Gasteiger partial charge on any atom is -0.399 e. The van der Waals surface area contributed by atoms with Crippen molar-refractivity contribution in [2.75, 3.05) is 12.3 Å². The Labute approximate surface area is 119 Å². The van der Waals surface area contributed by atoms with Crippen molar-refractivity contribution in [3.63, 3.8) is 0 Å². The van der Waals surface area contributed by atoms with E-state index in [4.69, 9.17) is 5.73 Å². The topological polar surface area (TPSA) is 92.4 Å². The molecule has 0 bridgehead atoms. The molecule has 0 atom stereocenters. The van der Waals surface area contributed by atoms with E-state index in [-0.39, 0.29) is 17.8 Å². The van der Waals surface area contributed by atoms with Gasteiger partial charge in [-0.3, -0.25) is 0 Å². The van der Waals surface area contributed by atoms with Crippen LogP contribution < -0.4 is 10.5 Å². The number of nitrogen functional groups attached to an aromatic ring is 1. The summed E-state index contributed by atoms with van der Waals surface area (Å²) in [5.74, 6) is -0.830. The lowest BCUT2D eigenvalue weighted by Gasteiger charge is -2.25. The van der Waals surface area contributed by atoms with Crippen LogP contribution in [0.25, 0.3) is 0 Å². The number of aliphatic hydroxyl groups is 1. The molecular weight excluding hydrogens is 283 g/mol. The summed E-state index contributed by atoms with van der Waals surface area (Å²) in [6, 6.07) is 2.43. The molecule has 1 aromatic rings. The second-order valence-electron chi connectivity index (χ2n) is 4.91. The normalized spacial score (nSPS) is 12.7. The first-order chi connectivity index (χ1) is 9.15. The maximum Gasteiger partial charge on any atom is 0.243 e.